The lowest BCUT2D eigenvalue weighted by Crippen LogP contribution is -2.17. The topological polar surface area (TPSA) is 52.6 Å². The third-order valence-electron chi connectivity index (χ3n) is 5.35. The number of ether oxygens (including phenoxy) is 2. The van der Waals surface area contributed by atoms with Crippen LogP contribution in [0.15, 0.2) is 60.7 Å². The van der Waals surface area contributed by atoms with Gasteiger partial charge in [-0.05, 0) is 107 Å². The molecule has 4 rings (SSSR count). The summed E-state index contributed by atoms with van der Waals surface area (Å²) in [6.07, 6.45) is -0.554. The molecular weight excluding hydrogens is 654 g/mol. The van der Waals surface area contributed by atoms with Crippen molar-refractivity contribution in [1.29, 1.82) is 0 Å². The Labute approximate surface area is 226 Å². The van der Waals surface area contributed by atoms with Crippen molar-refractivity contribution in [3.63, 3.8) is 0 Å². The van der Waals surface area contributed by atoms with Crippen molar-refractivity contribution < 1.29 is 19.1 Å². The van der Waals surface area contributed by atoms with Crippen LogP contribution in [-0.2, 0) is 9.47 Å². The molecule has 4 nitrogen and oxygen atoms in total. The molecule has 0 unspecified atom stereocenters. The first kappa shape index (κ1) is 24.9. The monoisotopic (exact) mass is 678 g/mol. The summed E-state index contributed by atoms with van der Waals surface area (Å²) in [6.45, 7) is 7.32. The van der Waals surface area contributed by atoms with Crippen LogP contribution in [0.4, 0.5) is 0 Å². The van der Waals surface area contributed by atoms with Gasteiger partial charge in [-0.25, -0.2) is 9.59 Å². The van der Waals surface area contributed by atoms with Crippen LogP contribution in [0.2, 0.25) is 0 Å². The summed E-state index contributed by atoms with van der Waals surface area (Å²) in [7, 11) is 0. The van der Waals surface area contributed by atoms with E-state index in [0.29, 0.717) is 22.3 Å². The molecule has 34 heavy (non-hydrogen) atoms. The minimum Gasteiger partial charge on any atom is -0.459 e. The average molecular weight is 678 g/mol. The Morgan fingerprint density at radius 3 is 1.35 bits per heavy atom. The van der Waals surface area contributed by atoms with Crippen molar-refractivity contribution in [1.82, 2.24) is 0 Å². The zero-order valence-electron chi connectivity index (χ0n) is 19.3. The highest BCUT2D eigenvalue weighted by molar-refractivity contribution is 14.1. The van der Waals surface area contributed by atoms with E-state index >= 15 is 0 Å². The first-order valence-electron chi connectivity index (χ1n) is 11.0. The van der Waals surface area contributed by atoms with Crippen LogP contribution in [0, 0.1) is 7.14 Å². The number of benzene rings is 4. The van der Waals surface area contributed by atoms with Crippen LogP contribution in [0.3, 0.4) is 0 Å². The summed E-state index contributed by atoms with van der Waals surface area (Å²) < 4.78 is 12.9. The van der Waals surface area contributed by atoms with Crippen LogP contribution < -0.4 is 0 Å². The molecule has 0 bridgehead atoms. The summed E-state index contributed by atoms with van der Waals surface area (Å²) in [5.74, 6) is -0.822. The van der Waals surface area contributed by atoms with E-state index < -0.39 is 11.9 Å². The smallest absolute Gasteiger partial charge is 0.340 e. The average Bonchev–Trinajstić information content (AvgIpc) is 2.76. The molecule has 0 saturated carbocycles. The van der Waals surface area contributed by atoms with Crippen LogP contribution >= 0.6 is 45.2 Å². The molecule has 0 aliphatic heterocycles. The van der Waals surface area contributed by atoms with Crippen LogP contribution in [0.25, 0.3) is 32.7 Å². The Morgan fingerprint density at radius 2 is 1.00 bits per heavy atom. The van der Waals surface area contributed by atoms with Gasteiger partial charge in [-0.15, -0.1) is 0 Å². The van der Waals surface area contributed by atoms with E-state index in [1.807, 2.05) is 88.4 Å². The fourth-order valence-electron chi connectivity index (χ4n) is 4.09. The summed E-state index contributed by atoms with van der Waals surface area (Å²) in [4.78, 5) is 26.9. The molecule has 174 valence electrons. The van der Waals surface area contributed by atoms with E-state index in [2.05, 4.69) is 45.2 Å². The number of esters is 2. The van der Waals surface area contributed by atoms with Gasteiger partial charge in [-0.1, -0.05) is 48.5 Å². The van der Waals surface area contributed by atoms with E-state index in [4.69, 9.17) is 9.47 Å². The van der Waals surface area contributed by atoms with Crippen molar-refractivity contribution in [2.24, 2.45) is 0 Å². The zero-order valence-corrected chi connectivity index (χ0v) is 23.6. The van der Waals surface area contributed by atoms with Crippen LogP contribution in [-0.4, -0.2) is 24.1 Å². The first-order valence-corrected chi connectivity index (χ1v) is 13.2. The zero-order chi connectivity index (χ0) is 24.6. The molecule has 0 aliphatic rings. The highest BCUT2D eigenvalue weighted by Gasteiger charge is 2.29. The van der Waals surface area contributed by atoms with Gasteiger partial charge in [-0.2, -0.15) is 0 Å². The number of halogens is 2. The van der Waals surface area contributed by atoms with Crippen molar-refractivity contribution >= 4 is 78.7 Å². The summed E-state index contributed by atoms with van der Waals surface area (Å²) in [5, 5.41) is 3.72. The molecule has 4 aromatic rings. The molecule has 0 heterocycles. The number of hydrogen-bond donors (Lipinski definition) is 0. The van der Waals surface area contributed by atoms with Crippen molar-refractivity contribution in [2.75, 3.05) is 0 Å². The summed E-state index contributed by atoms with van der Waals surface area (Å²) in [6, 6.07) is 19.8. The predicted octanol–water partition coefficient (Wildman–Crippen LogP) is 8.00. The molecule has 0 saturated heterocycles. The maximum Gasteiger partial charge on any atom is 0.340 e. The summed E-state index contributed by atoms with van der Waals surface area (Å²) >= 11 is 4.37. The van der Waals surface area contributed by atoms with Gasteiger partial charge in [-0.3, -0.25) is 0 Å². The molecule has 4 aromatic carbocycles. The Kier molecular flexibility index (Phi) is 7.47. The maximum absolute atomic E-state index is 13.4. The van der Waals surface area contributed by atoms with Gasteiger partial charge < -0.3 is 9.47 Å². The van der Waals surface area contributed by atoms with E-state index in [1.54, 1.807) is 0 Å². The van der Waals surface area contributed by atoms with E-state index in [9.17, 15) is 9.59 Å². The Morgan fingerprint density at radius 1 is 0.647 bits per heavy atom. The Bertz CT molecular complexity index is 1310. The minimum absolute atomic E-state index is 0.277. The molecule has 0 atom stereocenters. The molecule has 0 spiro atoms. The van der Waals surface area contributed by atoms with Crippen molar-refractivity contribution in [2.45, 2.75) is 39.9 Å². The third-order valence-corrected chi connectivity index (χ3v) is 7.05. The van der Waals surface area contributed by atoms with Crippen LogP contribution in [0.5, 0.6) is 0 Å². The molecule has 0 amide bonds. The fraction of sp³-hybridized carbons (Fsp3) is 0.214. The number of hydrogen-bond acceptors (Lipinski definition) is 4. The van der Waals surface area contributed by atoms with Crippen LogP contribution in [0.1, 0.15) is 48.4 Å². The Balaban J connectivity index is 2.22. The van der Waals surface area contributed by atoms with E-state index in [-0.39, 0.29) is 12.2 Å². The molecule has 0 N–H and O–H groups in total. The van der Waals surface area contributed by atoms with Gasteiger partial charge in [0.15, 0.2) is 0 Å². The second-order valence-electron chi connectivity index (χ2n) is 8.57. The molecular formula is C28H24I2O4. The fourth-order valence-corrected chi connectivity index (χ4v) is 5.74. The lowest BCUT2D eigenvalue weighted by atomic mass is 9.87. The SMILES string of the molecule is CC(C)OC(=O)c1c(I)cc2ccccc2c1-c1c(C(=O)OC(C)C)c(I)cc2ccccc12. The number of carbonyl (C=O) groups excluding carboxylic acids is 2. The molecule has 6 heteroatoms. The Hall–Kier alpha value is -2.20. The first-order chi connectivity index (χ1) is 16.2. The summed E-state index contributed by atoms with van der Waals surface area (Å²) in [5.41, 5.74) is 2.30. The van der Waals surface area contributed by atoms with Crippen molar-refractivity contribution in [3.8, 4) is 11.1 Å². The number of fused-ring (bicyclic) bond motifs is 2. The molecule has 0 aromatic heterocycles. The molecule has 0 aliphatic carbocycles. The second-order valence-corrected chi connectivity index (χ2v) is 10.9. The molecule has 0 radical (unpaired) electrons. The standard InChI is InChI=1S/C28H24I2O4/c1-15(2)33-27(31)25-21(29)13-17-9-5-7-11-19(17)23(25)24-20-12-8-6-10-18(20)14-22(30)26(24)28(32)34-16(3)4/h5-16H,1-4H3. The van der Waals surface area contributed by atoms with Gasteiger partial charge >= 0.3 is 11.9 Å². The highest BCUT2D eigenvalue weighted by Crippen LogP contribution is 2.43. The predicted molar refractivity (Wildman–Crippen MR) is 153 cm³/mol. The van der Waals surface area contributed by atoms with Gasteiger partial charge in [0.2, 0.25) is 0 Å². The van der Waals surface area contributed by atoms with Crippen molar-refractivity contribution in [3.05, 3.63) is 78.9 Å². The van der Waals surface area contributed by atoms with Gasteiger partial charge in [0.05, 0.1) is 23.3 Å². The van der Waals surface area contributed by atoms with E-state index in [1.165, 1.54) is 0 Å². The number of rotatable bonds is 5. The highest BCUT2D eigenvalue weighted by atomic mass is 127. The molecule has 0 fully saturated rings. The van der Waals surface area contributed by atoms with Gasteiger partial charge in [0, 0.05) is 18.3 Å². The van der Waals surface area contributed by atoms with Gasteiger partial charge in [0.1, 0.15) is 0 Å². The third kappa shape index (κ3) is 4.79. The second kappa shape index (κ2) is 10.2. The quantitative estimate of drug-likeness (QED) is 0.159. The minimum atomic E-state index is -0.411. The lowest BCUT2D eigenvalue weighted by Gasteiger charge is -2.21. The largest absolute Gasteiger partial charge is 0.459 e. The normalized spacial score (nSPS) is 11.4. The van der Waals surface area contributed by atoms with Gasteiger partial charge in [0.25, 0.3) is 0 Å². The van der Waals surface area contributed by atoms with E-state index in [0.717, 1.165) is 28.7 Å². The maximum atomic E-state index is 13.4. The number of carbonyl (C=O) groups is 2. The lowest BCUT2D eigenvalue weighted by molar-refractivity contribution is 0.0364.